The summed E-state index contributed by atoms with van der Waals surface area (Å²) in [7, 11) is 0. The number of nitrogens with one attached hydrogen (secondary N) is 1. The average molecular weight is 831 g/mol. The number of cyclic esters (lactones) is 1. The molecule has 60 heavy (non-hydrogen) atoms. The largest absolute Gasteiger partial charge is 0.490 e. The maximum atomic E-state index is 15.8. The Morgan fingerprint density at radius 1 is 0.917 bits per heavy atom. The summed E-state index contributed by atoms with van der Waals surface area (Å²) in [4.78, 5) is 66.7. The first-order chi connectivity index (χ1) is 28.6. The van der Waals surface area contributed by atoms with Crippen LogP contribution in [0.25, 0.3) is 10.9 Å². The first kappa shape index (κ1) is 42.0. The number of piperidine rings is 1. The number of rotatable bonds is 13. The molecule has 0 bridgehead atoms. The maximum Gasteiger partial charge on any atom is 0.414 e. The summed E-state index contributed by atoms with van der Waals surface area (Å²) >= 11 is 0. The molecule has 1 aliphatic carbocycles. The van der Waals surface area contributed by atoms with Crippen LogP contribution in [0.3, 0.4) is 0 Å². The highest BCUT2D eigenvalue weighted by molar-refractivity contribution is 5.95. The van der Waals surface area contributed by atoms with Crippen molar-refractivity contribution in [2.45, 2.75) is 83.8 Å². The number of benzene rings is 3. The zero-order valence-corrected chi connectivity index (χ0v) is 33.9. The van der Waals surface area contributed by atoms with Gasteiger partial charge in [0.05, 0.1) is 30.0 Å². The summed E-state index contributed by atoms with van der Waals surface area (Å²) in [6.07, 6.45) is 2.23. The molecule has 2 saturated heterocycles. The highest BCUT2D eigenvalue weighted by atomic mass is 19.1. The van der Waals surface area contributed by atoms with Crippen LogP contribution < -0.4 is 25.3 Å². The number of aromatic nitrogens is 1. The van der Waals surface area contributed by atoms with E-state index in [1.54, 1.807) is 26.8 Å². The molecule has 3 aromatic carbocycles. The number of ether oxygens (including phenoxy) is 5. The minimum absolute atomic E-state index is 0.000492. The Kier molecular flexibility index (Phi) is 12.3. The zero-order valence-electron chi connectivity index (χ0n) is 33.9. The molecule has 3 fully saturated rings. The van der Waals surface area contributed by atoms with Gasteiger partial charge in [0.25, 0.3) is 0 Å². The predicted molar refractivity (Wildman–Crippen MR) is 216 cm³/mol. The van der Waals surface area contributed by atoms with E-state index in [2.05, 4.69) is 5.32 Å². The Morgan fingerprint density at radius 3 is 2.33 bits per heavy atom. The van der Waals surface area contributed by atoms with Gasteiger partial charge in [-0.3, -0.25) is 9.69 Å². The predicted octanol–water partition coefficient (Wildman–Crippen LogP) is 7.05. The van der Waals surface area contributed by atoms with Gasteiger partial charge in [0, 0.05) is 36.8 Å². The molecular formula is C44H48F2N4O10. The number of pyridine rings is 1. The molecule has 2 aliphatic heterocycles. The molecular weight excluding hydrogens is 782 g/mol. The fraction of sp³-hybridized carbons (Fsp3) is 0.432. The fourth-order valence-corrected chi connectivity index (χ4v) is 7.19. The van der Waals surface area contributed by atoms with E-state index in [0.29, 0.717) is 37.1 Å². The lowest BCUT2D eigenvalue weighted by Crippen LogP contribution is -2.43. The molecule has 4 aromatic rings. The van der Waals surface area contributed by atoms with Crippen molar-refractivity contribution >= 4 is 46.4 Å². The molecule has 14 nitrogen and oxygen atoms in total. The smallest absolute Gasteiger partial charge is 0.414 e. The third-order valence-corrected chi connectivity index (χ3v) is 10.5. The van der Waals surface area contributed by atoms with E-state index in [1.807, 2.05) is 39.8 Å². The van der Waals surface area contributed by atoms with Crippen LogP contribution in [0.15, 0.2) is 71.7 Å². The Morgan fingerprint density at radius 2 is 1.65 bits per heavy atom. The van der Waals surface area contributed by atoms with Gasteiger partial charge in [0.1, 0.15) is 36.2 Å². The Labute approximate surface area is 345 Å². The van der Waals surface area contributed by atoms with Crippen LogP contribution in [0.4, 0.5) is 29.7 Å². The zero-order chi connectivity index (χ0) is 42.7. The highest BCUT2D eigenvalue weighted by Crippen LogP contribution is 2.39. The Hall–Kier alpha value is -6.19. The van der Waals surface area contributed by atoms with Crippen molar-refractivity contribution < 1.29 is 51.6 Å². The molecule has 3 heterocycles. The highest BCUT2D eigenvalue weighted by Gasteiger charge is 2.35. The lowest BCUT2D eigenvalue weighted by molar-refractivity contribution is -0.148. The molecule has 2 amide bonds. The maximum absolute atomic E-state index is 15.8. The summed E-state index contributed by atoms with van der Waals surface area (Å²) in [5.74, 6) is -2.68. The van der Waals surface area contributed by atoms with Crippen LogP contribution in [0.2, 0.25) is 0 Å². The van der Waals surface area contributed by atoms with E-state index in [4.69, 9.17) is 23.7 Å². The molecule has 0 radical (unpaired) electrons. The van der Waals surface area contributed by atoms with Crippen LogP contribution >= 0.6 is 0 Å². The van der Waals surface area contributed by atoms with Crippen molar-refractivity contribution in [1.82, 2.24) is 9.88 Å². The molecule has 1 N–H and O–H groups in total. The van der Waals surface area contributed by atoms with Gasteiger partial charge in [-0.05, 0) is 89.1 Å². The standard InChI is InChI=1S/C44H48F2N4O10/c1-26(47-42(54)60-44(2,3)4)40(52)58-25-31-21-50(43(55)59-31)30-12-13-38(35(46)18-30)56-23-28-14-16-48(17-15-28)37-20-36-32(19-34(37)45)39(51)33(22-49(36)29-10-11-29)41(53)57-24-27-8-6-5-7-9-27/h5-9,12-13,18-20,22,26,28-29,31H,10-11,14-17,21,23-25H2,1-4H3,(H,47,54)/t26-,31+/m0/s1. The minimum Gasteiger partial charge on any atom is -0.490 e. The first-order valence-electron chi connectivity index (χ1n) is 20.0. The van der Waals surface area contributed by atoms with Crippen molar-refractivity contribution in [2.24, 2.45) is 5.92 Å². The van der Waals surface area contributed by atoms with E-state index in [9.17, 15) is 24.0 Å². The van der Waals surface area contributed by atoms with Crippen LogP contribution in [0.1, 0.15) is 75.3 Å². The second-order valence-corrected chi connectivity index (χ2v) is 16.4. The lowest BCUT2D eigenvalue weighted by Gasteiger charge is -2.34. The monoisotopic (exact) mass is 830 g/mol. The summed E-state index contributed by atoms with van der Waals surface area (Å²) in [5.41, 5.74) is 0.487. The number of hydrogen-bond acceptors (Lipinski definition) is 11. The van der Waals surface area contributed by atoms with Crippen LogP contribution in [-0.4, -0.2) is 79.3 Å². The van der Waals surface area contributed by atoms with Crippen LogP contribution in [0, 0.1) is 17.6 Å². The molecule has 0 spiro atoms. The number of fused-ring (bicyclic) bond motifs is 1. The topological polar surface area (TPSA) is 155 Å². The number of alkyl carbamates (subject to hydrolysis) is 1. The van der Waals surface area contributed by atoms with E-state index < -0.39 is 58.9 Å². The molecule has 0 unspecified atom stereocenters. The van der Waals surface area contributed by atoms with Gasteiger partial charge in [0.15, 0.2) is 17.7 Å². The molecule has 7 rings (SSSR count). The van der Waals surface area contributed by atoms with E-state index in [-0.39, 0.29) is 60.7 Å². The van der Waals surface area contributed by atoms with Crippen LogP contribution in [-0.2, 0) is 30.3 Å². The number of esters is 2. The molecule has 1 saturated carbocycles. The normalized spacial score (nSPS) is 17.6. The van der Waals surface area contributed by atoms with Gasteiger partial charge in [0.2, 0.25) is 5.43 Å². The summed E-state index contributed by atoms with van der Waals surface area (Å²) in [6, 6.07) is 15.3. The van der Waals surface area contributed by atoms with E-state index in [0.717, 1.165) is 18.4 Å². The fourth-order valence-electron chi connectivity index (χ4n) is 7.19. The molecule has 1 aromatic heterocycles. The number of amides is 2. The van der Waals surface area contributed by atoms with Crippen LogP contribution in [0.5, 0.6) is 5.75 Å². The number of carbonyl (C=O) groups excluding carboxylic acids is 4. The van der Waals surface area contributed by atoms with Crippen molar-refractivity contribution in [2.75, 3.05) is 42.6 Å². The van der Waals surface area contributed by atoms with Gasteiger partial charge in [-0.15, -0.1) is 0 Å². The van der Waals surface area contributed by atoms with Gasteiger partial charge in [-0.25, -0.2) is 28.0 Å². The van der Waals surface area contributed by atoms with Crippen molar-refractivity contribution in [1.29, 1.82) is 0 Å². The number of anilines is 2. The van der Waals surface area contributed by atoms with Crippen molar-refractivity contribution in [3.05, 3.63) is 99.8 Å². The second kappa shape index (κ2) is 17.6. The summed E-state index contributed by atoms with van der Waals surface area (Å²) in [5, 5.41) is 2.51. The third-order valence-electron chi connectivity index (χ3n) is 10.5. The van der Waals surface area contributed by atoms with E-state index >= 15 is 8.78 Å². The Balaban J connectivity index is 0.912. The molecule has 16 heteroatoms. The quantitative estimate of drug-likeness (QED) is 0.109. The van der Waals surface area contributed by atoms with Gasteiger partial charge >= 0.3 is 24.1 Å². The number of carbonyl (C=O) groups is 4. The molecule has 3 aliphatic rings. The first-order valence-corrected chi connectivity index (χ1v) is 20.0. The van der Waals surface area contributed by atoms with Gasteiger partial charge < -0.3 is 38.5 Å². The van der Waals surface area contributed by atoms with Crippen molar-refractivity contribution in [3.63, 3.8) is 0 Å². The summed E-state index contributed by atoms with van der Waals surface area (Å²) < 4.78 is 59.9. The van der Waals surface area contributed by atoms with Crippen molar-refractivity contribution in [3.8, 4) is 5.75 Å². The number of nitrogens with zero attached hydrogens (tertiary/aromatic N) is 3. The van der Waals surface area contributed by atoms with Gasteiger partial charge in [-0.2, -0.15) is 0 Å². The van der Waals surface area contributed by atoms with Gasteiger partial charge in [-0.1, -0.05) is 30.3 Å². The SMILES string of the molecule is C[C@H](NC(=O)OC(C)(C)C)C(=O)OC[C@H]1CN(c2ccc(OCC3CCN(c4cc5c(cc4F)c(=O)c(C(=O)OCc4ccccc4)cn5C4CC4)CC3)c(F)c2)C(=O)O1. The molecule has 318 valence electrons. The molecule has 2 atom stereocenters. The van der Waals surface area contributed by atoms with E-state index in [1.165, 1.54) is 42.3 Å². The number of halogens is 2. The number of hydrogen-bond donors (Lipinski definition) is 1. The Bertz CT molecular complexity index is 2320. The second-order valence-electron chi connectivity index (χ2n) is 16.4. The summed E-state index contributed by atoms with van der Waals surface area (Å²) in [6.45, 7) is 7.47. The average Bonchev–Trinajstić information content (AvgIpc) is 3.99. The third kappa shape index (κ3) is 9.97. The lowest BCUT2D eigenvalue weighted by atomic mass is 9.97. The minimum atomic E-state index is -1.01.